The van der Waals surface area contributed by atoms with Crippen LogP contribution in [0.5, 0.6) is 0 Å². The van der Waals surface area contributed by atoms with Gasteiger partial charge in [-0.25, -0.2) is 8.78 Å². The molecule has 1 heterocycles. The van der Waals surface area contributed by atoms with Crippen molar-refractivity contribution in [3.8, 4) is 0 Å². The van der Waals surface area contributed by atoms with E-state index >= 15 is 0 Å². The first kappa shape index (κ1) is 17.1. The number of hydrogen-bond acceptors (Lipinski definition) is 3. The first-order valence-electron chi connectivity index (χ1n) is 8.01. The van der Waals surface area contributed by atoms with Gasteiger partial charge in [0.25, 0.3) is 0 Å². The highest BCUT2D eigenvalue weighted by molar-refractivity contribution is 6.13. The summed E-state index contributed by atoms with van der Waals surface area (Å²) in [5.74, 6) is -1.37. The van der Waals surface area contributed by atoms with Crippen LogP contribution in [0.2, 0.25) is 0 Å². The van der Waals surface area contributed by atoms with E-state index < -0.39 is 34.6 Å². The summed E-state index contributed by atoms with van der Waals surface area (Å²) < 4.78 is 32.7. The zero-order chi connectivity index (χ0) is 18.0. The Morgan fingerprint density at radius 2 is 1.80 bits per heavy atom. The maximum atomic E-state index is 13.6. The Kier molecular flexibility index (Phi) is 4.57. The molecule has 0 bridgehead atoms. The number of anilines is 1. The zero-order valence-electron chi connectivity index (χ0n) is 13.7. The Bertz CT molecular complexity index is 792. The van der Waals surface area contributed by atoms with Crippen LogP contribution in [-0.2, 0) is 16.0 Å². The van der Waals surface area contributed by atoms with Crippen LogP contribution < -0.4 is 10.6 Å². The average molecular weight is 348 g/mol. The van der Waals surface area contributed by atoms with Gasteiger partial charge in [-0.1, -0.05) is 6.07 Å². The summed E-state index contributed by atoms with van der Waals surface area (Å²) in [6, 6.07) is 6.95. The lowest BCUT2D eigenvalue weighted by molar-refractivity contribution is -0.134. The van der Waals surface area contributed by atoms with Gasteiger partial charge in [0.05, 0.1) is 0 Å². The number of rotatable bonds is 6. The van der Waals surface area contributed by atoms with Crippen molar-refractivity contribution in [1.29, 1.82) is 0 Å². The molecule has 0 radical (unpaired) electrons. The minimum Gasteiger partial charge on any atom is -0.466 e. The van der Waals surface area contributed by atoms with Gasteiger partial charge < -0.3 is 15.1 Å². The number of halogens is 2. The van der Waals surface area contributed by atoms with Crippen LogP contribution >= 0.6 is 0 Å². The second-order valence-corrected chi connectivity index (χ2v) is 6.15. The molecule has 1 fully saturated rings. The first-order valence-corrected chi connectivity index (χ1v) is 8.01. The number of aryl methyl sites for hydroxylation is 1. The van der Waals surface area contributed by atoms with Gasteiger partial charge in [-0.2, -0.15) is 0 Å². The molecule has 7 heteroatoms. The van der Waals surface area contributed by atoms with Gasteiger partial charge >= 0.3 is 0 Å². The Balaban J connectivity index is 1.59. The van der Waals surface area contributed by atoms with E-state index in [2.05, 4.69) is 10.6 Å². The fourth-order valence-electron chi connectivity index (χ4n) is 2.62. The molecule has 1 saturated carbocycles. The molecule has 2 N–H and O–H groups in total. The van der Waals surface area contributed by atoms with Crippen molar-refractivity contribution in [2.24, 2.45) is 5.41 Å². The molecule has 0 atom stereocenters. The molecule has 1 aromatic carbocycles. The lowest BCUT2D eigenvalue weighted by Gasteiger charge is -2.16. The topological polar surface area (TPSA) is 71.3 Å². The molecule has 1 aliphatic carbocycles. The van der Waals surface area contributed by atoms with Crippen LogP contribution in [0, 0.1) is 24.0 Å². The predicted octanol–water partition coefficient (Wildman–Crippen LogP) is 2.94. The van der Waals surface area contributed by atoms with Gasteiger partial charge in [-0.3, -0.25) is 9.59 Å². The summed E-state index contributed by atoms with van der Waals surface area (Å²) in [6.45, 7) is 2.14. The van der Waals surface area contributed by atoms with Gasteiger partial charge in [0.2, 0.25) is 11.8 Å². The summed E-state index contributed by atoms with van der Waals surface area (Å²) in [4.78, 5) is 24.7. The van der Waals surface area contributed by atoms with Crippen molar-refractivity contribution in [3.63, 3.8) is 0 Å². The minimum atomic E-state index is -1.26. The zero-order valence-corrected chi connectivity index (χ0v) is 13.7. The molecule has 3 rings (SSSR count). The van der Waals surface area contributed by atoms with Crippen molar-refractivity contribution in [2.75, 3.05) is 11.9 Å². The van der Waals surface area contributed by atoms with E-state index in [1.165, 1.54) is 6.07 Å². The Hall–Kier alpha value is -2.70. The second-order valence-electron chi connectivity index (χ2n) is 6.15. The SMILES string of the molecule is Cc1ccc(CCNC(=O)C2(C(=O)Nc3c(F)cccc3F)CC2)o1. The molecule has 0 aliphatic heterocycles. The molecule has 0 spiro atoms. The maximum absolute atomic E-state index is 13.6. The summed E-state index contributed by atoms with van der Waals surface area (Å²) in [5, 5.41) is 4.90. The van der Waals surface area contributed by atoms with E-state index in [9.17, 15) is 18.4 Å². The second kappa shape index (κ2) is 6.66. The first-order chi connectivity index (χ1) is 11.9. The minimum absolute atomic E-state index is 0.314. The maximum Gasteiger partial charge on any atom is 0.240 e. The van der Waals surface area contributed by atoms with Crippen molar-refractivity contribution < 1.29 is 22.8 Å². The Labute approximate surface area is 143 Å². The molecular weight excluding hydrogens is 330 g/mol. The standard InChI is InChI=1S/C18H18F2N2O3/c1-11-5-6-12(25-11)7-10-21-16(23)18(8-9-18)17(24)22-15-13(19)3-2-4-14(15)20/h2-6H,7-10H2,1H3,(H,21,23)(H,22,24). The summed E-state index contributed by atoms with van der Waals surface area (Å²) >= 11 is 0. The molecule has 1 aromatic heterocycles. The Morgan fingerprint density at radius 3 is 2.36 bits per heavy atom. The highest BCUT2D eigenvalue weighted by atomic mass is 19.1. The third kappa shape index (κ3) is 3.55. The van der Waals surface area contributed by atoms with Gasteiger partial charge in [-0.15, -0.1) is 0 Å². The number of para-hydroxylation sites is 1. The highest BCUT2D eigenvalue weighted by Crippen LogP contribution is 2.47. The van der Waals surface area contributed by atoms with Gasteiger partial charge in [-0.05, 0) is 44.0 Å². The van der Waals surface area contributed by atoms with E-state index in [0.29, 0.717) is 25.8 Å². The number of carbonyl (C=O) groups is 2. The molecule has 5 nitrogen and oxygen atoms in total. The molecular formula is C18H18F2N2O3. The predicted molar refractivity (Wildman–Crippen MR) is 86.8 cm³/mol. The summed E-state index contributed by atoms with van der Waals surface area (Å²) in [6.07, 6.45) is 1.19. The number of hydrogen-bond donors (Lipinski definition) is 2. The Morgan fingerprint density at radius 1 is 1.12 bits per heavy atom. The van der Waals surface area contributed by atoms with Crippen LogP contribution in [0.1, 0.15) is 24.4 Å². The van der Waals surface area contributed by atoms with Gasteiger partial charge in [0, 0.05) is 13.0 Å². The molecule has 1 aliphatic rings. The van der Waals surface area contributed by atoms with E-state index in [1.54, 1.807) is 0 Å². The lowest BCUT2D eigenvalue weighted by atomic mass is 10.0. The van der Waals surface area contributed by atoms with Crippen LogP contribution in [0.4, 0.5) is 14.5 Å². The lowest BCUT2D eigenvalue weighted by Crippen LogP contribution is -2.40. The summed E-state index contributed by atoms with van der Waals surface area (Å²) in [5.41, 5.74) is -1.79. The van der Waals surface area contributed by atoms with E-state index in [-0.39, 0.29) is 0 Å². The highest BCUT2D eigenvalue weighted by Gasteiger charge is 2.56. The molecule has 0 saturated heterocycles. The van der Waals surface area contributed by atoms with Crippen LogP contribution in [0.25, 0.3) is 0 Å². The molecule has 2 aromatic rings. The number of amides is 2. The van der Waals surface area contributed by atoms with Gasteiger partial charge in [0.1, 0.15) is 34.3 Å². The normalized spacial score (nSPS) is 14.8. The van der Waals surface area contributed by atoms with Crippen molar-refractivity contribution >= 4 is 17.5 Å². The quantitative estimate of drug-likeness (QED) is 0.789. The monoisotopic (exact) mass is 348 g/mol. The number of benzene rings is 1. The van der Waals surface area contributed by atoms with Crippen LogP contribution in [-0.4, -0.2) is 18.4 Å². The van der Waals surface area contributed by atoms with E-state index in [1.807, 2.05) is 19.1 Å². The molecule has 25 heavy (non-hydrogen) atoms. The fourth-order valence-corrected chi connectivity index (χ4v) is 2.62. The van der Waals surface area contributed by atoms with Crippen molar-refractivity contribution in [2.45, 2.75) is 26.2 Å². The number of furan rings is 1. The largest absolute Gasteiger partial charge is 0.466 e. The van der Waals surface area contributed by atoms with Crippen LogP contribution in [0.15, 0.2) is 34.7 Å². The fraction of sp³-hybridized carbons (Fsp3) is 0.333. The van der Waals surface area contributed by atoms with E-state index in [0.717, 1.165) is 23.7 Å². The third-order valence-corrected chi connectivity index (χ3v) is 4.27. The molecule has 0 unspecified atom stereocenters. The third-order valence-electron chi connectivity index (χ3n) is 4.27. The molecule has 2 amide bonds. The number of carbonyl (C=O) groups excluding carboxylic acids is 2. The summed E-state index contributed by atoms with van der Waals surface area (Å²) in [7, 11) is 0. The average Bonchev–Trinajstić information content (AvgIpc) is 3.29. The molecule has 132 valence electrons. The van der Waals surface area contributed by atoms with Crippen LogP contribution in [0.3, 0.4) is 0 Å². The van der Waals surface area contributed by atoms with Crippen molar-refractivity contribution in [3.05, 3.63) is 53.5 Å². The number of nitrogens with one attached hydrogen (secondary N) is 2. The smallest absolute Gasteiger partial charge is 0.240 e. The van der Waals surface area contributed by atoms with Gasteiger partial charge in [0.15, 0.2) is 0 Å². The van der Waals surface area contributed by atoms with Crippen molar-refractivity contribution in [1.82, 2.24) is 5.32 Å². The van der Waals surface area contributed by atoms with E-state index in [4.69, 9.17) is 4.42 Å².